The summed E-state index contributed by atoms with van der Waals surface area (Å²) in [6.07, 6.45) is 0. The summed E-state index contributed by atoms with van der Waals surface area (Å²) in [6, 6.07) is 2.24. The SMILES string of the molecule is Cc1[cH-]c(C)c(C)c1C.[Fe].p1pp[pH]p1. The van der Waals surface area contributed by atoms with Gasteiger partial charge in [-0.2, -0.15) is 28.3 Å². The van der Waals surface area contributed by atoms with Gasteiger partial charge in [0.05, 0.1) is 0 Å². The third-order valence-corrected chi connectivity index (χ3v) is 19.9. The van der Waals surface area contributed by atoms with Crippen molar-refractivity contribution in [3.05, 3.63) is 28.3 Å². The van der Waals surface area contributed by atoms with E-state index in [4.69, 9.17) is 0 Å². The van der Waals surface area contributed by atoms with E-state index >= 15 is 0 Å². The van der Waals surface area contributed by atoms with Crippen LogP contribution in [0.5, 0.6) is 0 Å². The first kappa shape index (κ1) is 16.4. The minimum atomic E-state index is 0. The fourth-order valence-corrected chi connectivity index (χ4v) is 25.4. The minimum absolute atomic E-state index is 0. The van der Waals surface area contributed by atoms with Gasteiger partial charge < -0.3 is 0 Å². The second kappa shape index (κ2) is 8.46. The Morgan fingerprint density at radius 2 is 1.27 bits per heavy atom. The Bertz CT molecular complexity index is 340. The fraction of sp³-hybridized carbons (Fsp3) is 0.444. The summed E-state index contributed by atoms with van der Waals surface area (Å²) in [5, 5.41) is 0. The van der Waals surface area contributed by atoms with Crippen LogP contribution in [0.4, 0.5) is 0 Å². The molecule has 1 aromatic carbocycles. The first-order chi connectivity index (χ1) is 6.63. The van der Waals surface area contributed by atoms with Crippen molar-refractivity contribution >= 4 is 37.7 Å². The third-order valence-electron chi connectivity index (χ3n) is 2.40. The molecule has 0 atom stereocenters. The number of aryl methyl sites for hydroxylation is 2. The van der Waals surface area contributed by atoms with Crippen LogP contribution in [0.1, 0.15) is 22.3 Å². The van der Waals surface area contributed by atoms with Gasteiger partial charge in [0.25, 0.3) is 0 Å². The van der Waals surface area contributed by atoms with E-state index in [0.29, 0.717) is 0 Å². The number of hydrogen-bond donors (Lipinski definition) is 0. The van der Waals surface area contributed by atoms with Gasteiger partial charge in [-0.1, -0.05) is 35.2 Å². The molecule has 0 unspecified atom stereocenters. The molecular formula is C9H14FeP5-. The molecule has 0 spiro atoms. The van der Waals surface area contributed by atoms with Gasteiger partial charge in [0, 0.05) is 17.1 Å². The standard InChI is InChI=1S/C9H13.Fe.HP5/c1-6-5-7(2)9(4)8(6)3;;1-2-4-5-3-1/h5H,1-4H3;;1H/q-1;;. The molecule has 2 rings (SSSR count). The molecule has 84 valence electrons. The van der Waals surface area contributed by atoms with Crippen LogP contribution in [-0.4, -0.2) is 0 Å². The maximum Gasteiger partial charge on any atom is 0 e. The molecule has 0 amide bonds. The summed E-state index contributed by atoms with van der Waals surface area (Å²) in [5.41, 5.74) is 5.75. The Kier molecular flexibility index (Phi) is 9.23. The average molecular weight is 333 g/mol. The van der Waals surface area contributed by atoms with Crippen LogP contribution in [0.15, 0.2) is 6.07 Å². The van der Waals surface area contributed by atoms with Crippen LogP contribution < -0.4 is 0 Å². The van der Waals surface area contributed by atoms with Gasteiger partial charge in [-0.15, -0.1) is 0 Å². The van der Waals surface area contributed by atoms with E-state index in [1.54, 1.807) is 30.2 Å². The monoisotopic (exact) mass is 333 g/mol. The second-order valence-corrected chi connectivity index (χ2v) is 15.7. The van der Waals surface area contributed by atoms with E-state index in [1.807, 2.05) is 0 Å². The van der Waals surface area contributed by atoms with Crippen molar-refractivity contribution in [2.75, 3.05) is 0 Å². The molecule has 0 saturated carbocycles. The Morgan fingerprint density at radius 1 is 0.867 bits per heavy atom. The summed E-state index contributed by atoms with van der Waals surface area (Å²) in [5.74, 6) is 0. The summed E-state index contributed by atoms with van der Waals surface area (Å²) in [7, 11) is 7.83. The quantitative estimate of drug-likeness (QED) is 0.373. The molecule has 15 heavy (non-hydrogen) atoms. The predicted molar refractivity (Wildman–Crippen MR) is 77.0 cm³/mol. The Morgan fingerprint density at radius 3 is 1.40 bits per heavy atom. The van der Waals surface area contributed by atoms with Crippen molar-refractivity contribution in [2.24, 2.45) is 0 Å². The molecule has 0 nitrogen and oxygen atoms in total. The zero-order chi connectivity index (χ0) is 10.6. The van der Waals surface area contributed by atoms with Crippen molar-refractivity contribution < 1.29 is 17.1 Å². The maximum atomic E-state index is 2.24. The molecule has 1 heterocycles. The van der Waals surface area contributed by atoms with E-state index in [2.05, 4.69) is 33.8 Å². The normalized spacial score (nSPS) is 11.5. The molecule has 1 aromatic heterocycles. The van der Waals surface area contributed by atoms with Gasteiger partial charge in [-0.05, 0) is 30.2 Å². The molecule has 0 aliphatic heterocycles. The van der Waals surface area contributed by atoms with Crippen LogP contribution in [0.3, 0.4) is 0 Å². The summed E-state index contributed by atoms with van der Waals surface area (Å²) in [4.78, 5) is 0. The summed E-state index contributed by atoms with van der Waals surface area (Å²) in [6.45, 7) is 8.68. The van der Waals surface area contributed by atoms with E-state index < -0.39 is 0 Å². The number of rotatable bonds is 0. The largest absolute Gasteiger partial charge is 0.196 e. The Labute approximate surface area is 110 Å². The molecule has 0 aliphatic rings. The molecule has 0 N–H and O–H groups in total. The van der Waals surface area contributed by atoms with Gasteiger partial charge in [0.15, 0.2) is 0 Å². The summed E-state index contributed by atoms with van der Waals surface area (Å²) >= 11 is 0. The van der Waals surface area contributed by atoms with Gasteiger partial charge in [-0.3, -0.25) is 0 Å². The van der Waals surface area contributed by atoms with Crippen LogP contribution in [0.25, 0.3) is 0 Å². The fourth-order valence-electron chi connectivity index (χ4n) is 1.23. The first-order valence-electron chi connectivity index (χ1n) is 4.37. The molecule has 0 saturated heterocycles. The van der Waals surface area contributed by atoms with E-state index in [0.717, 1.165) is 0 Å². The molecule has 0 bridgehead atoms. The minimum Gasteiger partial charge on any atom is -0.196 e. The summed E-state index contributed by atoms with van der Waals surface area (Å²) < 4.78 is 0. The Hall–Kier alpha value is 1.37. The van der Waals surface area contributed by atoms with Crippen molar-refractivity contribution in [1.29, 1.82) is 0 Å². The van der Waals surface area contributed by atoms with Crippen molar-refractivity contribution in [1.82, 2.24) is 0 Å². The second-order valence-electron chi connectivity index (χ2n) is 3.24. The van der Waals surface area contributed by atoms with Crippen molar-refractivity contribution in [2.45, 2.75) is 27.7 Å². The van der Waals surface area contributed by atoms with Gasteiger partial charge in [0.1, 0.15) is 0 Å². The third kappa shape index (κ3) is 5.49. The molecule has 2 aromatic rings. The van der Waals surface area contributed by atoms with Crippen LogP contribution in [-0.2, 0) is 17.1 Å². The molecular weight excluding hydrogens is 319 g/mol. The van der Waals surface area contributed by atoms with E-state index in [1.165, 1.54) is 29.8 Å². The van der Waals surface area contributed by atoms with Crippen molar-refractivity contribution in [3.63, 3.8) is 0 Å². The zero-order valence-electron chi connectivity index (χ0n) is 9.22. The number of hydrogen-bond acceptors (Lipinski definition) is 0. The van der Waals surface area contributed by atoms with Gasteiger partial charge in [0.2, 0.25) is 0 Å². The topological polar surface area (TPSA) is 0 Å². The van der Waals surface area contributed by atoms with Crippen LogP contribution in [0, 0.1) is 27.7 Å². The molecule has 0 aliphatic carbocycles. The molecule has 6 heteroatoms. The molecule has 0 fully saturated rings. The zero-order valence-corrected chi connectivity index (χ0v) is 14.9. The van der Waals surface area contributed by atoms with Gasteiger partial charge >= 0.3 is 0 Å². The maximum absolute atomic E-state index is 2.24. The smallest absolute Gasteiger partial charge is 0 e. The van der Waals surface area contributed by atoms with Crippen molar-refractivity contribution in [3.8, 4) is 0 Å². The van der Waals surface area contributed by atoms with E-state index in [9.17, 15) is 0 Å². The van der Waals surface area contributed by atoms with E-state index in [-0.39, 0.29) is 17.1 Å². The van der Waals surface area contributed by atoms with Gasteiger partial charge in [-0.25, -0.2) is 0 Å². The van der Waals surface area contributed by atoms with Crippen LogP contribution in [0.2, 0.25) is 0 Å². The molecule has 0 radical (unpaired) electrons. The average Bonchev–Trinajstić information content (AvgIpc) is 2.78. The predicted octanol–water partition coefficient (Wildman–Crippen LogP) is 6.67. The Balaban J connectivity index is 0.000000280. The first-order valence-corrected chi connectivity index (χ1v) is 12.8. The van der Waals surface area contributed by atoms with Crippen LogP contribution >= 0.6 is 37.7 Å².